The molecule has 2 heterocycles. The van der Waals surface area contributed by atoms with Crippen LogP contribution in [0.15, 0.2) is 47.9 Å². The highest BCUT2D eigenvalue weighted by Crippen LogP contribution is 2.25. The van der Waals surface area contributed by atoms with E-state index in [1.54, 1.807) is 12.4 Å². The Labute approximate surface area is 126 Å². The van der Waals surface area contributed by atoms with Gasteiger partial charge in [0, 0.05) is 17.8 Å². The van der Waals surface area contributed by atoms with Crippen LogP contribution >= 0.6 is 11.8 Å². The molecular weight excluding hydrogens is 286 g/mol. The molecule has 0 N–H and O–H groups in total. The summed E-state index contributed by atoms with van der Waals surface area (Å²) in [5.41, 5.74) is 1.43. The number of fused-ring (bicyclic) bond motifs is 1. The van der Waals surface area contributed by atoms with Crippen LogP contribution in [0.25, 0.3) is 16.7 Å². The van der Waals surface area contributed by atoms with Crippen LogP contribution in [-0.4, -0.2) is 33.9 Å². The molecule has 3 rings (SSSR count). The lowest BCUT2D eigenvalue weighted by Gasteiger charge is -2.04. The molecule has 0 aliphatic heterocycles. The number of hydrogen-bond donors (Lipinski definition) is 0. The maximum atomic E-state index is 11.9. The fourth-order valence-corrected chi connectivity index (χ4v) is 2.56. The third kappa shape index (κ3) is 2.38. The number of hydrogen-bond acceptors (Lipinski definition) is 5. The summed E-state index contributed by atoms with van der Waals surface area (Å²) in [5.74, 6) is 0.366. The summed E-state index contributed by atoms with van der Waals surface area (Å²) in [4.78, 5) is 20.6. The van der Waals surface area contributed by atoms with E-state index in [-0.39, 0.29) is 5.97 Å². The van der Waals surface area contributed by atoms with Crippen molar-refractivity contribution in [3.05, 3.63) is 48.3 Å². The molecule has 0 aliphatic rings. The number of nitrogens with zero attached hydrogens (tertiary/aromatic N) is 3. The quantitative estimate of drug-likeness (QED) is 0.423. The maximum Gasteiger partial charge on any atom is 0.340 e. The zero-order chi connectivity index (χ0) is 14.8. The van der Waals surface area contributed by atoms with Gasteiger partial charge in [0.1, 0.15) is 5.82 Å². The van der Waals surface area contributed by atoms with Crippen LogP contribution in [0.1, 0.15) is 10.4 Å². The summed E-state index contributed by atoms with van der Waals surface area (Å²) >= 11 is 1.47. The number of benzene rings is 1. The Kier molecular flexibility index (Phi) is 3.62. The Morgan fingerprint density at radius 2 is 2.10 bits per heavy atom. The zero-order valence-electron chi connectivity index (χ0n) is 11.6. The Morgan fingerprint density at radius 1 is 1.29 bits per heavy atom. The molecule has 0 radical (unpaired) electrons. The number of aromatic nitrogens is 3. The number of carbonyl (C=O) groups is 1. The molecule has 0 aliphatic carbocycles. The fourth-order valence-electron chi connectivity index (χ4n) is 2.21. The van der Waals surface area contributed by atoms with Gasteiger partial charge in [0.2, 0.25) is 0 Å². The maximum absolute atomic E-state index is 11.9. The molecule has 0 fully saturated rings. The summed E-state index contributed by atoms with van der Waals surface area (Å²) in [5, 5.41) is 1.53. The van der Waals surface area contributed by atoms with Crippen molar-refractivity contribution in [1.82, 2.24) is 14.5 Å². The van der Waals surface area contributed by atoms with Gasteiger partial charge in [0.25, 0.3) is 0 Å². The van der Waals surface area contributed by atoms with Crippen molar-refractivity contribution in [2.24, 2.45) is 0 Å². The predicted molar refractivity (Wildman–Crippen MR) is 82.0 cm³/mol. The third-order valence-electron chi connectivity index (χ3n) is 3.17. The first-order valence-corrected chi connectivity index (χ1v) is 7.53. The van der Waals surface area contributed by atoms with Gasteiger partial charge in [-0.2, -0.15) is 0 Å². The minimum atomic E-state index is -0.357. The monoisotopic (exact) mass is 299 g/mol. The highest BCUT2D eigenvalue weighted by atomic mass is 32.2. The largest absolute Gasteiger partial charge is 0.465 e. The third-order valence-corrected chi connectivity index (χ3v) is 3.73. The van der Waals surface area contributed by atoms with Gasteiger partial charge < -0.3 is 9.30 Å². The summed E-state index contributed by atoms with van der Waals surface area (Å²) < 4.78 is 6.73. The fraction of sp³-hybridized carbons (Fsp3) is 0.133. The van der Waals surface area contributed by atoms with E-state index in [1.807, 2.05) is 41.2 Å². The minimum absolute atomic E-state index is 0.357. The number of methoxy groups -OCH3 is 1. The van der Waals surface area contributed by atoms with Crippen molar-refractivity contribution in [2.45, 2.75) is 5.16 Å². The second-order valence-electron chi connectivity index (χ2n) is 4.32. The van der Waals surface area contributed by atoms with E-state index in [4.69, 9.17) is 4.74 Å². The number of thioether (sulfide) groups is 1. The van der Waals surface area contributed by atoms with Crippen molar-refractivity contribution in [3.63, 3.8) is 0 Å². The van der Waals surface area contributed by atoms with E-state index < -0.39 is 0 Å². The molecule has 3 aromatic rings. The lowest BCUT2D eigenvalue weighted by Crippen LogP contribution is -2.01. The second-order valence-corrected chi connectivity index (χ2v) is 5.10. The van der Waals surface area contributed by atoms with Gasteiger partial charge >= 0.3 is 5.97 Å². The van der Waals surface area contributed by atoms with Crippen LogP contribution in [0.2, 0.25) is 0 Å². The van der Waals surface area contributed by atoms with Gasteiger partial charge in [-0.05, 0) is 18.4 Å². The number of rotatable bonds is 3. The molecule has 0 unspecified atom stereocenters. The molecule has 0 saturated carbocycles. The second kappa shape index (κ2) is 5.57. The predicted octanol–water partition coefficient (Wildman–Crippen LogP) is 2.93. The lowest BCUT2D eigenvalue weighted by molar-refractivity contribution is 0.0603. The first kappa shape index (κ1) is 13.6. The first-order chi connectivity index (χ1) is 10.2. The molecule has 6 heteroatoms. The smallest absolute Gasteiger partial charge is 0.340 e. The van der Waals surface area contributed by atoms with Crippen LogP contribution in [0.4, 0.5) is 0 Å². The lowest BCUT2D eigenvalue weighted by atomic mass is 10.2. The zero-order valence-corrected chi connectivity index (χ0v) is 12.4. The van der Waals surface area contributed by atoms with E-state index in [9.17, 15) is 4.79 Å². The Morgan fingerprint density at radius 3 is 2.86 bits per heavy atom. The molecule has 0 atom stereocenters. The number of carbonyl (C=O) groups excluding carboxylic acids is 1. The minimum Gasteiger partial charge on any atom is -0.465 e. The van der Waals surface area contributed by atoms with E-state index in [2.05, 4.69) is 9.97 Å². The SMILES string of the molecule is COC(=O)c1cn(-c2ccnc(SC)n2)c2ccccc12. The van der Waals surface area contributed by atoms with Crippen molar-refractivity contribution < 1.29 is 9.53 Å². The number of para-hydroxylation sites is 1. The van der Waals surface area contributed by atoms with Crippen molar-refractivity contribution in [1.29, 1.82) is 0 Å². The van der Waals surface area contributed by atoms with E-state index in [1.165, 1.54) is 18.9 Å². The standard InChI is InChI=1S/C15H13N3O2S/c1-20-14(19)11-9-18(12-6-4-3-5-10(11)12)13-7-8-16-15(17-13)21-2/h3-9H,1-2H3. The van der Waals surface area contributed by atoms with Crippen molar-refractivity contribution in [2.75, 3.05) is 13.4 Å². The molecule has 106 valence electrons. The molecular formula is C15H13N3O2S. The van der Waals surface area contributed by atoms with Crippen molar-refractivity contribution >= 4 is 28.6 Å². The first-order valence-electron chi connectivity index (χ1n) is 6.30. The van der Waals surface area contributed by atoms with Crippen LogP contribution in [0.5, 0.6) is 0 Å². The van der Waals surface area contributed by atoms with Gasteiger partial charge in [-0.15, -0.1) is 0 Å². The van der Waals surface area contributed by atoms with Crippen molar-refractivity contribution in [3.8, 4) is 5.82 Å². The van der Waals surface area contributed by atoms with Crippen LogP contribution < -0.4 is 0 Å². The van der Waals surface area contributed by atoms with Crippen LogP contribution in [0, 0.1) is 0 Å². The molecule has 1 aromatic carbocycles. The van der Waals surface area contributed by atoms with Gasteiger partial charge in [0.05, 0.1) is 18.2 Å². The molecule has 0 saturated heterocycles. The summed E-state index contributed by atoms with van der Waals surface area (Å²) in [6.45, 7) is 0. The normalized spacial score (nSPS) is 10.8. The summed E-state index contributed by atoms with van der Waals surface area (Å²) in [7, 11) is 1.38. The number of esters is 1. The average Bonchev–Trinajstić information content (AvgIpc) is 2.94. The molecule has 0 spiro atoms. The van der Waals surface area contributed by atoms with Gasteiger partial charge in [-0.3, -0.25) is 0 Å². The highest BCUT2D eigenvalue weighted by Gasteiger charge is 2.16. The average molecular weight is 299 g/mol. The molecule has 21 heavy (non-hydrogen) atoms. The van der Waals surface area contributed by atoms with E-state index in [0.717, 1.165) is 16.7 Å². The Bertz CT molecular complexity index is 814. The summed E-state index contributed by atoms with van der Waals surface area (Å²) in [6, 6.07) is 9.48. The van der Waals surface area contributed by atoms with E-state index >= 15 is 0 Å². The Balaban J connectivity index is 2.25. The van der Waals surface area contributed by atoms with E-state index in [0.29, 0.717) is 10.7 Å². The highest BCUT2D eigenvalue weighted by molar-refractivity contribution is 7.98. The molecule has 5 nitrogen and oxygen atoms in total. The van der Waals surface area contributed by atoms with Gasteiger partial charge in [-0.1, -0.05) is 30.0 Å². The summed E-state index contributed by atoms with van der Waals surface area (Å²) in [6.07, 6.45) is 5.39. The number of ether oxygens (including phenoxy) is 1. The Hall–Kier alpha value is -2.34. The molecule has 0 bridgehead atoms. The van der Waals surface area contributed by atoms with Gasteiger partial charge in [-0.25, -0.2) is 14.8 Å². The molecule has 2 aromatic heterocycles. The van der Waals surface area contributed by atoms with Crippen LogP contribution in [-0.2, 0) is 4.74 Å². The molecule has 0 amide bonds. The van der Waals surface area contributed by atoms with Crippen LogP contribution in [0.3, 0.4) is 0 Å². The topological polar surface area (TPSA) is 57.0 Å². The van der Waals surface area contributed by atoms with Gasteiger partial charge in [0.15, 0.2) is 5.16 Å².